The maximum absolute atomic E-state index is 12.9. The van der Waals surface area contributed by atoms with Crippen LogP contribution in [0, 0.1) is 0 Å². The molecular weight excluding hydrogens is 488 g/mol. The number of amides is 2. The van der Waals surface area contributed by atoms with Gasteiger partial charge in [-0.1, -0.05) is 23.7 Å². The zero-order chi connectivity index (χ0) is 24.3. The molecule has 0 radical (unpaired) electrons. The standard InChI is InChI=1S/C22H21ClN2O8S/c23-14-7-9-15(10-8-14)34(29,30)25-11-3-4-16(25)22(28)32-13-20(26)24-21(27)19-12-31-17-5-1-2-6-18(17)33-19/h1-2,5-10,16,19H,3-4,11-13H2,(H,24,26,27)/t16-,19+/m1/s1. The molecule has 1 saturated heterocycles. The van der Waals surface area contributed by atoms with E-state index in [1.54, 1.807) is 24.3 Å². The molecule has 180 valence electrons. The molecule has 2 aliphatic rings. The number of fused-ring (bicyclic) bond motifs is 1. The zero-order valence-electron chi connectivity index (χ0n) is 17.8. The van der Waals surface area contributed by atoms with Gasteiger partial charge < -0.3 is 14.2 Å². The SMILES string of the molecule is O=C(COC(=O)[C@H]1CCCN1S(=O)(=O)c1ccc(Cl)cc1)NC(=O)[C@@H]1COc2ccccc2O1. The summed E-state index contributed by atoms with van der Waals surface area (Å²) in [5, 5.41) is 2.48. The van der Waals surface area contributed by atoms with Crippen molar-refractivity contribution in [1.29, 1.82) is 0 Å². The third-order valence-corrected chi connectivity index (χ3v) is 7.48. The van der Waals surface area contributed by atoms with Gasteiger partial charge in [0.15, 0.2) is 18.1 Å². The summed E-state index contributed by atoms with van der Waals surface area (Å²) >= 11 is 5.82. The van der Waals surface area contributed by atoms with Gasteiger partial charge in [0.05, 0.1) is 4.90 Å². The van der Waals surface area contributed by atoms with Crippen LogP contribution < -0.4 is 14.8 Å². The van der Waals surface area contributed by atoms with E-state index in [0.717, 1.165) is 4.31 Å². The van der Waals surface area contributed by atoms with Gasteiger partial charge in [-0.3, -0.25) is 19.7 Å². The number of sulfonamides is 1. The minimum absolute atomic E-state index is 0.00351. The molecule has 0 aliphatic carbocycles. The molecule has 4 rings (SSSR count). The summed E-state index contributed by atoms with van der Waals surface area (Å²) < 4.78 is 42.9. The van der Waals surface area contributed by atoms with Crippen LogP contribution in [-0.2, 0) is 29.1 Å². The summed E-state index contributed by atoms with van der Waals surface area (Å²) in [6, 6.07) is 11.3. The van der Waals surface area contributed by atoms with Crippen LogP contribution in [0.1, 0.15) is 12.8 Å². The second kappa shape index (κ2) is 10.00. The third kappa shape index (κ3) is 5.16. The highest BCUT2D eigenvalue weighted by Gasteiger charge is 2.40. The minimum atomic E-state index is -3.96. The van der Waals surface area contributed by atoms with E-state index in [0.29, 0.717) is 22.9 Å². The van der Waals surface area contributed by atoms with Crippen LogP contribution in [0.15, 0.2) is 53.4 Å². The first-order valence-electron chi connectivity index (χ1n) is 10.4. The Bertz CT molecular complexity index is 1200. The number of imide groups is 1. The van der Waals surface area contributed by atoms with E-state index in [9.17, 15) is 22.8 Å². The fraction of sp³-hybridized carbons (Fsp3) is 0.318. The van der Waals surface area contributed by atoms with Gasteiger partial charge in [-0.2, -0.15) is 4.31 Å². The molecule has 10 nitrogen and oxygen atoms in total. The van der Waals surface area contributed by atoms with E-state index in [-0.39, 0.29) is 24.5 Å². The number of rotatable bonds is 6. The summed E-state index contributed by atoms with van der Waals surface area (Å²) in [5.74, 6) is -1.63. The lowest BCUT2D eigenvalue weighted by Crippen LogP contribution is -2.47. The van der Waals surface area contributed by atoms with Crippen LogP contribution in [0.5, 0.6) is 11.5 Å². The van der Waals surface area contributed by atoms with Crippen LogP contribution in [0.25, 0.3) is 0 Å². The van der Waals surface area contributed by atoms with Crippen molar-refractivity contribution in [2.75, 3.05) is 19.8 Å². The van der Waals surface area contributed by atoms with E-state index in [1.807, 2.05) is 0 Å². The number of hydrogen-bond donors (Lipinski definition) is 1. The Morgan fingerprint density at radius 1 is 1.09 bits per heavy atom. The first kappa shape index (κ1) is 24.0. The summed E-state index contributed by atoms with van der Waals surface area (Å²) in [6.45, 7) is -0.703. The second-order valence-electron chi connectivity index (χ2n) is 7.61. The van der Waals surface area contributed by atoms with Gasteiger partial charge in [-0.25, -0.2) is 8.42 Å². The van der Waals surface area contributed by atoms with Gasteiger partial charge in [-0.15, -0.1) is 0 Å². The molecule has 2 amide bonds. The van der Waals surface area contributed by atoms with Crippen molar-refractivity contribution in [3.05, 3.63) is 53.6 Å². The Balaban J connectivity index is 1.31. The Morgan fingerprint density at radius 2 is 1.79 bits per heavy atom. The minimum Gasteiger partial charge on any atom is -0.485 e. The largest absolute Gasteiger partial charge is 0.485 e. The van der Waals surface area contributed by atoms with E-state index >= 15 is 0 Å². The number of carbonyl (C=O) groups is 3. The predicted octanol–water partition coefficient (Wildman–Crippen LogP) is 1.52. The predicted molar refractivity (Wildman–Crippen MR) is 119 cm³/mol. The number of carbonyl (C=O) groups excluding carboxylic acids is 3. The number of halogens is 1. The maximum atomic E-state index is 12.9. The zero-order valence-corrected chi connectivity index (χ0v) is 19.4. The van der Waals surface area contributed by atoms with Gasteiger partial charge in [0, 0.05) is 11.6 Å². The summed E-state index contributed by atoms with van der Waals surface area (Å²) in [6.07, 6.45) is -0.347. The number of ether oxygens (including phenoxy) is 3. The lowest BCUT2D eigenvalue weighted by molar-refractivity contribution is -0.153. The van der Waals surface area contributed by atoms with Gasteiger partial charge in [-0.05, 0) is 49.2 Å². The Kier molecular flexibility index (Phi) is 7.05. The lowest BCUT2D eigenvalue weighted by Gasteiger charge is -2.25. The Hall–Kier alpha value is -3.15. The second-order valence-corrected chi connectivity index (χ2v) is 9.94. The highest BCUT2D eigenvalue weighted by Crippen LogP contribution is 2.31. The van der Waals surface area contributed by atoms with Crippen molar-refractivity contribution in [3.63, 3.8) is 0 Å². The number of hydrogen-bond acceptors (Lipinski definition) is 8. The van der Waals surface area contributed by atoms with Crippen LogP contribution in [-0.4, -0.2) is 62.4 Å². The molecule has 2 aromatic carbocycles. The van der Waals surface area contributed by atoms with Crippen LogP contribution in [0.4, 0.5) is 0 Å². The smallest absolute Gasteiger partial charge is 0.324 e. The van der Waals surface area contributed by atoms with Gasteiger partial charge in [0.2, 0.25) is 16.1 Å². The average molecular weight is 509 g/mol. The van der Waals surface area contributed by atoms with Crippen LogP contribution in [0.2, 0.25) is 5.02 Å². The number of para-hydroxylation sites is 2. The quantitative estimate of drug-likeness (QED) is 0.582. The fourth-order valence-electron chi connectivity index (χ4n) is 3.64. The van der Waals surface area contributed by atoms with Gasteiger partial charge in [0.1, 0.15) is 12.6 Å². The maximum Gasteiger partial charge on any atom is 0.324 e. The molecule has 0 unspecified atom stereocenters. The van der Waals surface area contributed by atoms with E-state index in [1.165, 1.54) is 24.3 Å². The summed E-state index contributed by atoms with van der Waals surface area (Å²) in [7, 11) is -3.96. The van der Waals surface area contributed by atoms with Crippen molar-refractivity contribution < 1.29 is 37.0 Å². The van der Waals surface area contributed by atoms with Gasteiger partial charge in [0.25, 0.3) is 11.8 Å². The van der Waals surface area contributed by atoms with E-state index in [2.05, 4.69) is 5.32 Å². The topological polar surface area (TPSA) is 128 Å². The normalized spacial score (nSPS) is 19.9. The third-order valence-electron chi connectivity index (χ3n) is 5.31. The fourth-order valence-corrected chi connectivity index (χ4v) is 5.41. The molecule has 2 heterocycles. The molecule has 2 aromatic rings. The molecule has 2 atom stereocenters. The molecule has 0 spiro atoms. The van der Waals surface area contributed by atoms with E-state index in [4.69, 9.17) is 25.8 Å². The summed E-state index contributed by atoms with van der Waals surface area (Å²) in [5.41, 5.74) is 0. The Labute approximate surface area is 200 Å². The number of benzene rings is 2. The molecule has 1 N–H and O–H groups in total. The van der Waals surface area contributed by atoms with E-state index < -0.39 is 46.6 Å². The number of esters is 1. The molecule has 2 aliphatic heterocycles. The average Bonchev–Trinajstić information content (AvgIpc) is 3.33. The Morgan fingerprint density at radius 3 is 2.53 bits per heavy atom. The molecular formula is C22H21ClN2O8S. The first-order valence-corrected chi connectivity index (χ1v) is 12.2. The molecule has 12 heteroatoms. The summed E-state index contributed by atoms with van der Waals surface area (Å²) in [4.78, 5) is 37.0. The van der Waals surface area contributed by atoms with Gasteiger partial charge >= 0.3 is 5.97 Å². The van der Waals surface area contributed by atoms with Crippen LogP contribution in [0.3, 0.4) is 0 Å². The van der Waals surface area contributed by atoms with Crippen molar-refractivity contribution in [1.82, 2.24) is 9.62 Å². The lowest BCUT2D eigenvalue weighted by atomic mass is 10.2. The molecule has 34 heavy (non-hydrogen) atoms. The van der Waals surface area contributed by atoms with Crippen molar-refractivity contribution in [2.24, 2.45) is 0 Å². The molecule has 0 saturated carbocycles. The van der Waals surface area contributed by atoms with Crippen molar-refractivity contribution in [2.45, 2.75) is 29.9 Å². The number of nitrogens with one attached hydrogen (secondary N) is 1. The highest BCUT2D eigenvalue weighted by molar-refractivity contribution is 7.89. The highest BCUT2D eigenvalue weighted by atomic mass is 35.5. The molecule has 0 bridgehead atoms. The van der Waals surface area contributed by atoms with Crippen molar-refractivity contribution in [3.8, 4) is 11.5 Å². The monoisotopic (exact) mass is 508 g/mol. The molecule has 0 aromatic heterocycles. The first-order chi connectivity index (χ1) is 16.3. The number of nitrogens with zero attached hydrogens (tertiary/aromatic N) is 1. The van der Waals surface area contributed by atoms with Crippen LogP contribution >= 0.6 is 11.6 Å². The molecule has 1 fully saturated rings. The van der Waals surface area contributed by atoms with Crippen molar-refractivity contribution >= 4 is 39.4 Å².